The lowest BCUT2D eigenvalue weighted by molar-refractivity contribution is 0.144. The van der Waals surface area contributed by atoms with Gasteiger partial charge in [-0.25, -0.2) is 4.79 Å². The molecule has 5 nitrogen and oxygen atoms in total. The van der Waals surface area contributed by atoms with E-state index in [9.17, 15) is 9.90 Å². The summed E-state index contributed by atoms with van der Waals surface area (Å²) >= 11 is 6.12. The van der Waals surface area contributed by atoms with Gasteiger partial charge in [-0.05, 0) is 31.0 Å². The summed E-state index contributed by atoms with van der Waals surface area (Å²) in [5.74, 6) is 0.708. The highest BCUT2D eigenvalue weighted by Gasteiger charge is 2.10. The summed E-state index contributed by atoms with van der Waals surface area (Å²) in [5, 5.41) is 12.6. The average molecular weight is 301 g/mol. The molecule has 1 aromatic carbocycles. The standard InChI is InChI=1S/C14H21ClN2O3/c1-10(18)9-17(2)14(19)16-7-6-11-4-5-12(20-3)8-13(11)15/h4-5,8,10,18H,6-7,9H2,1-3H3,(H,16,19). The van der Waals surface area contributed by atoms with Crippen molar-refractivity contribution < 1.29 is 14.6 Å². The number of aliphatic hydroxyl groups is 1. The molecule has 0 aliphatic rings. The molecule has 6 heteroatoms. The van der Waals surface area contributed by atoms with Crippen LogP contribution in [0.3, 0.4) is 0 Å². The lowest BCUT2D eigenvalue weighted by atomic mass is 10.1. The number of amides is 2. The van der Waals surface area contributed by atoms with Crippen molar-refractivity contribution in [1.82, 2.24) is 10.2 Å². The van der Waals surface area contributed by atoms with Gasteiger partial charge < -0.3 is 20.1 Å². The number of carbonyl (C=O) groups excluding carboxylic acids is 1. The van der Waals surface area contributed by atoms with Crippen molar-refractivity contribution in [3.05, 3.63) is 28.8 Å². The van der Waals surface area contributed by atoms with Gasteiger partial charge in [0.25, 0.3) is 0 Å². The zero-order valence-electron chi connectivity index (χ0n) is 12.0. The molecule has 0 aliphatic carbocycles. The number of carbonyl (C=O) groups is 1. The Bertz CT molecular complexity index is 452. The number of halogens is 1. The molecule has 0 aromatic heterocycles. The minimum atomic E-state index is -0.540. The van der Waals surface area contributed by atoms with E-state index in [1.54, 1.807) is 27.1 Å². The number of rotatable bonds is 6. The third kappa shape index (κ3) is 5.27. The van der Waals surface area contributed by atoms with Crippen LogP contribution in [0, 0.1) is 0 Å². The van der Waals surface area contributed by atoms with Crippen molar-refractivity contribution in [2.45, 2.75) is 19.4 Å². The average Bonchev–Trinajstić information content (AvgIpc) is 2.39. The minimum Gasteiger partial charge on any atom is -0.497 e. The molecule has 112 valence electrons. The van der Waals surface area contributed by atoms with Crippen LogP contribution >= 0.6 is 11.6 Å². The van der Waals surface area contributed by atoms with Crippen LogP contribution in [-0.2, 0) is 6.42 Å². The summed E-state index contributed by atoms with van der Waals surface area (Å²) in [4.78, 5) is 13.1. The van der Waals surface area contributed by atoms with Gasteiger partial charge in [-0.15, -0.1) is 0 Å². The van der Waals surface area contributed by atoms with Gasteiger partial charge >= 0.3 is 6.03 Å². The molecule has 20 heavy (non-hydrogen) atoms. The Balaban J connectivity index is 2.42. The summed E-state index contributed by atoms with van der Waals surface area (Å²) < 4.78 is 5.08. The number of aliphatic hydroxyl groups excluding tert-OH is 1. The maximum absolute atomic E-state index is 11.7. The highest BCUT2D eigenvalue weighted by atomic mass is 35.5. The van der Waals surface area contributed by atoms with E-state index in [0.717, 1.165) is 5.56 Å². The Labute approximate surface area is 124 Å². The predicted molar refractivity (Wildman–Crippen MR) is 79.4 cm³/mol. The van der Waals surface area contributed by atoms with Crippen molar-refractivity contribution >= 4 is 17.6 Å². The maximum Gasteiger partial charge on any atom is 0.317 e. The second kappa shape index (κ2) is 7.97. The van der Waals surface area contributed by atoms with Crippen LogP contribution in [0.15, 0.2) is 18.2 Å². The summed E-state index contributed by atoms with van der Waals surface area (Å²) in [6, 6.07) is 5.25. The van der Waals surface area contributed by atoms with Gasteiger partial charge in [0.15, 0.2) is 0 Å². The van der Waals surface area contributed by atoms with Gasteiger partial charge in [-0.2, -0.15) is 0 Å². The largest absolute Gasteiger partial charge is 0.497 e. The van der Waals surface area contributed by atoms with Gasteiger partial charge in [-0.1, -0.05) is 17.7 Å². The highest BCUT2D eigenvalue weighted by molar-refractivity contribution is 6.31. The fourth-order valence-electron chi connectivity index (χ4n) is 1.78. The molecular weight excluding hydrogens is 280 g/mol. The first-order valence-electron chi connectivity index (χ1n) is 6.43. The molecule has 0 aliphatic heterocycles. The van der Waals surface area contributed by atoms with E-state index in [0.29, 0.717) is 30.3 Å². The molecule has 2 amide bonds. The van der Waals surface area contributed by atoms with Crippen molar-refractivity contribution in [2.75, 3.05) is 27.2 Å². The van der Waals surface area contributed by atoms with E-state index in [1.807, 2.05) is 12.1 Å². The van der Waals surface area contributed by atoms with Crippen LogP contribution < -0.4 is 10.1 Å². The summed E-state index contributed by atoms with van der Waals surface area (Å²) in [5.41, 5.74) is 0.950. The first-order chi connectivity index (χ1) is 9.43. The fraction of sp³-hybridized carbons (Fsp3) is 0.500. The molecule has 0 fully saturated rings. The Kier molecular flexibility index (Phi) is 6.61. The van der Waals surface area contributed by atoms with Gasteiger partial charge in [0, 0.05) is 25.2 Å². The smallest absolute Gasteiger partial charge is 0.317 e. The van der Waals surface area contributed by atoms with E-state index in [-0.39, 0.29) is 6.03 Å². The lowest BCUT2D eigenvalue weighted by Crippen LogP contribution is -2.41. The predicted octanol–water partition coefficient (Wildman–Crippen LogP) is 1.91. The lowest BCUT2D eigenvalue weighted by Gasteiger charge is -2.19. The maximum atomic E-state index is 11.7. The molecule has 1 unspecified atom stereocenters. The van der Waals surface area contributed by atoms with Crippen molar-refractivity contribution in [3.8, 4) is 5.75 Å². The van der Waals surface area contributed by atoms with Crippen molar-refractivity contribution in [3.63, 3.8) is 0 Å². The second-order valence-electron chi connectivity index (χ2n) is 4.67. The third-order valence-corrected chi connectivity index (χ3v) is 3.17. The number of hydrogen-bond donors (Lipinski definition) is 2. The van der Waals surface area contributed by atoms with Gasteiger partial charge in [-0.3, -0.25) is 0 Å². The van der Waals surface area contributed by atoms with E-state index in [4.69, 9.17) is 16.3 Å². The fourth-order valence-corrected chi connectivity index (χ4v) is 2.04. The number of hydrogen-bond acceptors (Lipinski definition) is 3. The number of ether oxygens (including phenoxy) is 1. The molecule has 0 heterocycles. The molecule has 1 atom stereocenters. The monoisotopic (exact) mass is 300 g/mol. The second-order valence-corrected chi connectivity index (χ2v) is 5.08. The minimum absolute atomic E-state index is 0.212. The van der Waals surface area contributed by atoms with Gasteiger partial charge in [0.2, 0.25) is 0 Å². The zero-order chi connectivity index (χ0) is 15.1. The number of likely N-dealkylation sites (N-methyl/N-ethyl adjacent to an activating group) is 1. The van der Waals surface area contributed by atoms with Crippen LogP contribution in [0.4, 0.5) is 4.79 Å². The number of methoxy groups -OCH3 is 1. The van der Waals surface area contributed by atoms with E-state index >= 15 is 0 Å². The van der Waals surface area contributed by atoms with Crippen LogP contribution in [-0.4, -0.2) is 49.4 Å². The SMILES string of the molecule is COc1ccc(CCNC(=O)N(C)CC(C)O)c(Cl)c1. The number of benzene rings is 1. The number of nitrogens with one attached hydrogen (secondary N) is 1. The summed E-state index contributed by atoms with van der Waals surface area (Å²) in [6.45, 7) is 2.42. The normalized spacial score (nSPS) is 11.8. The van der Waals surface area contributed by atoms with Gasteiger partial charge in [0.05, 0.1) is 13.2 Å². The first kappa shape index (κ1) is 16.6. The third-order valence-electron chi connectivity index (χ3n) is 2.82. The Morgan fingerprint density at radius 1 is 1.55 bits per heavy atom. The Hall–Kier alpha value is -1.46. The van der Waals surface area contributed by atoms with E-state index in [1.165, 1.54) is 4.90 Å². The first-order valence-corrected chi connectivity index (χ1v) is 6.81. The topological polar surface area (TPSA) is 61.8 Å². The molecule has 2 N–H and O–H groups in total. The molecule has 1 rings (SSSR count). The van der Waals surface area contributed by atoms with Crippen LogP contribution in [0.5, 0.6) is 5.75 Å². The van der Waals surface area contributed by atoms with Crippen LogP contribution in [0.2, 0.25) is 5.02 Å². The Morgan fingerprint density at radius 3 is 2.80 bits per heavy atom. The van der Waals surface area contributed by atoms with Crippen LogP contribution in [0.1, 0.15) is 12.5 Å². The summed E-state index contributed by atoms with van der Waals surface area (Å²) in [6.07, 6.45) is 0.0960. The Morgan fingerprint density at radius 2 is 2.25 bits per heavy atom. The molecule has 0 saturated carbocycles. The highest BCUT2D eigenvalue weighted by Crippen LogP contribution is 2.22. The molecule has 0 bridgehead atoms. The number of urea groups is 1. The quantitative estimate of drug-likeness (QED) is 0.843. The van der Waals surface area contributed by atoms with E-state index < -0.39 is 6.10 Å². The molecule has 0 radical (unpaired) electrons. The summed E-state index contributed by atoms with van der Waals surface area (Å²) in [7, 11) is 3.23. The molecule has 0 saturated heterocycles. The van der Waals surface area contributed by atoms with Gasteiger partial charge in [0.1, 0.15) is 5.75 Å². The van der Waals surface area contributed by atoms with Crippen LogP contribution in [0.25, 0.3) is 0 Å². The number of nitrogens with zero attached hydrogens (tertiary/aromatic N) is 1. The molecule has 0 spiro atoms. The zero-order valence-corrected chi connectivity index (χ0v) is 12.8. The van der Waals surface area contributed by atoms with Crippen molar-refractivity contribution in [1.29, 1.82) is 0 Å². The molecular formula is C14H21ClN2O3. The van der Waals surface area contributed by atoms with Crippen molar-refractivity contribution in [2.24, 2.45) is 0 Å². The van der Waals surface area contributed by atoms with E-state index in [2.05, 4.69) is 5.32 Å². The molecule has 1 aromatic rings.